The number of hydrogen-bond donors (Lipinski definition) is 1. The van der Waals surface area contributed by atoms with Gasteiger partial charge in [0, 0.05) is 18.8 Å². The molecular weight excluding hydrogens is 282 g/mol. The molecule has 7 heteroatoms. The molecule has 1 aromatic heterocycles. The second kappa shape index (κ2) is 7.96. The summed E-state index contributed by atoms with van der Waals surface area (Å²) in [6.45, 7) is 3.16. The van der Waals surface area contributed by atoms with Gasteiger partial charge in [0.25, 0.3) is 0 Å². The first-order valence-corrected chi connectivity index (χ1v) is 8.04. The number of hydrogen-bond acceptors (Lipinski definition) is 7. The fraction of sp³-hybridized carbons (Fsp3) is 0.667. The molecule has 0 spiro atoms. The van der Waals surface area contributed by atoms with E-state index >= 15 is 0 Å². The summed E-state index contributed by atoms with van der Waals surface area (Å²) in [7, 11) is 2.13. The zero-order chi connectivity index (χ0) is 13.5. The lowest BCUT2D eigenvalue weighted by molar-refractivity contribution is 0.103. The first kappa shape index (κ1) is 14.9. The Hall–Kier alpha value is -0.470. The van der Waals surface area contributed by atoms with Gasteiger partial charge in [0.15, 0.2) is 0 Å². The molecule has 2 rings (SSSR count). The van der Waals surface area contributed by atoms with E-state index in [2.05, 4.69) is 26.8 Å². The van der Waals surface area contributed by atoms with Crippen molar-refractivity contribution in [1.82, 2.24) is 13.6 Å². The number of aliphatic hydroxyl groups excluding tert-OH is 1. The minimum atomic E-state index is 0.0768. The van der Waals surface area contributed by atoms with E-state index in [9.17, 15) is 0 Å². The predicted octanol–water partition coefficient (Wildman–Crippen LogP) is 1.36. The molecule has 0 unspecified atom stereocenters. The van der Waals surface area contributed by atoms with Crippen LogP contribution in [0.5, 0.6) is 0 Å². The zero-order valence-electron chi connectivity index (χ0n) is 11.0. The van der Waals surface area contributed by atoms with Gasteiger partial charge < -0.3 is 14.7 Å². The molecule has 2 heterocycles. The zero-order valence-corrected chi connectivity index (χ0v) is 12.7. The SMILES string of the molecule is CN1CCC=C(c2nsnc2SCCOCCO)C1. The molecule has 0 atom stereocenters. The monoisotopic (exact) mass is 301 g/mol. The minimum absolute atomic E-state index is 0.0768. The number of nitrogens with zero attached hydrogens (tertiary/aromatic N) is 3. The molecular formula is C12H19N3O2S2. The Morgan fingerprint density at radius 1 is 1.47 bits per heavy atom. The lowest BCUT2D eigenvalue weighted by Crippen LogP contribution is -2.25. The second-order valence-electron chi connectivity index (χ2n) is 4.36. The van der Waals surface area contributed by atoms with Crippen LogP contribution in [0.15, 0.2) is 11.1 Å². The first-order chi connectivity index (χ1) is 9.31. The van der Waals surface area contributed by atoms with Gasteiger partial charge in [0.1, 0.15) is 10.7 Å². The molecule has 0 radical (unpaired) electrons. The van der Waals surface area contributed by atoms with Crippen LogP contribution >= 0.6 is 23.5 Å². The van der Waals surface area contributed by atoms with Crippen molar-refractivity contribution in [3.63, 3.8) is 0 Å². The van der Waals surface area contributed by atoms with Crippen LogP contribution in [0.4, 0.5) is 0 Å². The number of thioether (sulfide) groups is 1. The predicted molar refractivity (Wildman–Crippen MR) is 78.6 cm³/mol. The van der Waals surface area contributed by atoms with Crippen molar-refractivity contribution in [3.8, 4) is 0 Å². The Morgan fingerprint density at radius 2 is 2.37 bits per heavy atom. The average molecular weight is 301 g/mol. The van der Waals surface area contributed by atoms with Crippen molar-refractivity contribution < 1.29 is 9.84 Å². The molecule has 19 heavy (non-hydrogen) atoms. The summed E-state index contributed by atoms with van der Waals surface area (Å²) in [6.07, 6.45) is 3.34. The van der Waals surface area contributed by atoms with Crippen molar-refractivity contribution in [2.75, 3.05) is 45.7 Å². The van der Waals surface area contributed by atoms with E-state index < -0.39 is 0 Å². The maximum atomic E-state index is 8.62. The van der Waals surface area contributed by atoms with E-state index in [0.717, 1.165) is 36.0 Å². The van der Waals surface area contributed by atoms with Gasteiger partial charge in [-0.15, -0.1) is 11.8 Å². The molecule has 0 fully saturated rings. The molecule has 0 amide bonds. The lowest BCUT2D eigenvalue weighted by Gasteiger charge is -2.22. The first-order valence-electron chi connectivity index (χ1n) is 6.33. The maximum absolute atomic E-state index is 8.62. The average Bonchev–Trinajstić information content (AvgIpc) is 2.87. The van der Waals surface area contributed by atoms with E-state index in [-0.39, 0.29) is 6.61 Å². The maximum Gasteiger partial charge on any atom is 0.138 e. The fourth-order valence-corrected chi connectivity index (χ4v) is 3.46. The van der Waals surface area contributed by atoms with Gasteiger partial charge >= 0.3 is 0 Å². The summed E-state index contributed by atoms with van der Waals surface area (Å²) in [5.74, 6) is 0.835. The molecule has 0 bridgehead atoms. The molecule has 1 aromatic rings. The Labute approximate surface area is 122 Å². The molecule has 0 saturated carbocycles. The van der Waals surface area contributed by atoms with Gasteiger partial charge in [0.2, 0.25) is 0 Å². The Morgan fingerprint density at radius 3 is 3.16 bits per heavy atom. The summed E-state index contributed by atoms with van der Waals surface area (Å²) >= 11 is 2.94. The van der Waals surface area contributed by atoms with Gasteiger partial charge in [-0.1, -0.05) is 6.08 Å². The minimum Gasteiger partial charge on any atom is -0.394 e. The molecule has 106 valence electrons. The summed E-state index contributed by atoms with van der Waals surface area (Å²) in [5, 5.41) is 9.62. The number of aromatic nitrogens is 2. The van der Waals surface area contributed by atoms with E-state index in [1.54, 1.807) is 11.8 Å². The quantitative estimate of drug-likeness (QED) is 0.606. The number of ether oxygens (including phenoxy) is 1. The van der Waals surface area contributed by atoms with Crippen LogP contribution in [0.1, 0.15) is 12.1 Å². The van der Waals surface area contributed by atoms with Gasteiger partial charge in [-0.25, -0.2) is 0 Å². The van der Waals surface area contributed by atoms with E-state index in [1.807, 2.05) is 0 Å². The second-order valence-corrected chi connectivity index (χ2v) is 5.97. The van der Waals surface area contributed by atoms with Crippen LogP contribution in [-0.2, 0) is 4.74 Å². The highest BCUT2D eigenvalue weighted by Crippen LogP contribution is 2.28. The van der Waals surface area contributed by atoms with Crippen LogP contribution < -0.4 is 0 Å². The normalized spacial score (nSPS) is 16.6. The lowest BCUT2D eigenvalue weighted by atomic mass is 10.1. The molecule has 5 nitrogen and oxygen atoms in total. The largest absolute Gasteiger partial charge is 0.394 e. The van der Waals surface area contributed by atoms with Crippen molar-refractivity contribution in [3.05, 3.63) is 11.8 Å². The number of likely N-dealkylation sites (N-methyl/N-ethyl adjacent to an activating group) is 1. The Bertz CT molecular complexity index is 423. The summed E-state index contributed by atoms with van der Waals surface area (Å²) in [5.41, 5.74) is 2.31. The van der Waals surface area contributed by atoms with Crippen molar-refractivity contribution in [2.45, 2.75) is 11.4 Å². The van der Waals surface area contributed by atoms with Gasteiger partial charge in [-0.2, -0.15) is 8.75 Å². The molecule has 1 N–H and O–H groups in total. The van der Waals surface area contributed by atoms with Crippen LogP contribution in [-0.4, -0.2) is 64.5 Å². The smallest absolute Gasteiger partial charge is 0.138 e. The molecule has 1 aliphatic heterocycles. The third-order valence-electron chi connectivity index (χ3n) is 2.81. The summed E-state index contributed by atoms with van der Waals surface area (Å²) in [6, 6.07) is 0. The van der Waals surface area contributed by atoms with Crippen LogP contribution in [0.2, 0.25) is 0 Å². The van der Waals surface area contributed by atoms with Crippen molar-refractivity contribution in [2.24, 2.45) is 0 Å². The third kappa shape index (κ3) is 4.54. The third-order valence-corrected chi connectivity index (χ3v) is 4.38. The van der Waals surface area contributed by atoms with Crippen molar-refractivity contribution >= 4 is 29.1 Å². The molecule has 1 aliphatic rings. The topological polar surface area (TPSA) is 58.5 Å². The van der Waals surface area contributed by atoms with Gasteiger partial charge in [-0.3, -0.25) is 0 Å². The fourth-order valence-electron chi connectivity index (χ4n) is 1.90. The summed E-state index contributed by atoms with van der Waals surface area (Å²) in [4.78, 5) is 2.30. The van der Waals surface area contributed by atoms with Gasteiger partial charge in [0.05, 0.1) is 31.5 Å². The van der Waals surface area contributed by atoms with Crippen LogP contribution in [0, 0.1) is 0 Å². The number of rotatable bonds is 7. The van der Waals surface area contributed by atoms with E-state index in [4.69, 9.17) is 9.84 Å². The van der Waals surface area contributed by atoms with Crippen LogP contribution in [0.25, 0.3) is 5.57 Å². The highest BCUT2D eigenvalue weighted by molar-refractivity contribution is 7.99. The number of aliphatic hydroxyl groups is 1. The molecule has 0 aliphatic carbocycles. The van der Waals surface area contributed by atoms with E-state index in [0.29, 0.717) is 13.2 Å². The summed E-state index contributed by atoms with van der Waals surface area (Å²) < 4.78 is 14.0. The van der Waals surface area contributed by atoms with Crippen LogP contribution in [0.3, 0.4) is 0 Å². The Kier molecular flexibility index (Phi) is 6.25. The highest BCUT2D eigenvalue weighted by atomic mass is 32.2. The van der Waals surface area contributed by atoms with E-state index in [1.165, 1.54) is 17.3 Å². The van der Waals surface area contributed by atoms with Gasteiger partial charge in [-0.05, 0) is 19.0 Å². The molecule has 0 saturated heterocycles. The van der Waals surface area contributed by atoms with Crippen molar-refractivity contribution in [1.29, 1.82) is 0 Å². The highest BCUT2D eigenvalue weighted by Gasteiger charge is 2.17. The molecule has 0 aromatic carbocycles. The standard InChI is InChI=1S/C12H19N3O2S2/c1-15-4-2-3-10(9-15)11-12(14-19-13-11)18-8-7-17-6-5-16/h3,16H,2,4-9H2,1H3. The Balaban J connectivity index is 1.88.